The first kappa shape index (κ1) is 37.0. The van der Waals surface area contributed by atoms with E-state index in [1.165, 1.54) is 34.9 Å². The van der Waals surface area contributed by atoms with Crippen molar-refractivity contribution in [3.8, 4) is 0 Å². The number of carbonyl (C=O) groups excluding carboxylic acids is 3. The fourth-order valence-electron chi connectivity index (χ4n) is 8.41. The number of esters is 2. The summed E-state index contributed by atoms with van der Waals surface area (Å²) in [6, 6.07) is 0. The fraction of sp³-hybridized carbons (Fsp3) is 0.465. The van der Waals surface area contributed by atoms with Crippen LogP contribution in [0.15, 0.2) is 23.0 Å². The van der Waals surface area contributed by atoms with Gasteiger partial charge in [-0.3, -0.25) is 14.4 Å². The summed E-state index contributed by atoms with van der Waals surface area (Å²) in [5.74, 6) is -2.52. The van der Waals surface area contributed by atoms with Gasteiger partial charge in [-0.05, 0) is 112 Å². The molecule has 0 amide bonds. The van der Waals surface area contributed by atoms with E-state index in [4.69, 9.17) is 9.47 Å². The molecule has 0 aromatic carbocycles. The summed E-state index contributed by atoms with van der Waals surface area (Å²) in [5, 5.41) is 5.72. The minimum absolute atomic E-state index is 0.0539. The van der Waals surface area contributed by atoms with Gasteiger partial charge >= 0.3 is 11.9 Å². The molecule has 1 aliphatic carbocycles. The highest BCUT2D eigenvalue weighted by Gasteiger charge is 2.48. The highest BCUT2D eigenvalue weighted by atomic mass is 16.5. The number of aromatic amines is 3. The molecule has 276 valence electrons. The normalized spacial score (nSPS) is 23.0. The van der Waals surface area contributed by atoms with E-state index >= 15 is 0 Å². The van der Waals surface area contributed by atoms with Gasteiger partial charge in [-0.2, -0.15) is 0 Å². The summed E-state index contributed by atoms with van der Waals surface area (Å²) in [4.78, 5) is 51.9. The maximum Gasteiger partial charge on any atom is 0.321 e. The van der Waals surface area contributed by atoms with Crippen LogP contribution in [0.25, 0.3) is 23.8 Å². The van der Waals surface area contributed by atoms with Gasteiger partial charge in [-0.15, -0.1) is 0 Å². The zero-order valence-electron chi connectivity index (χ0n) is 32.2. The van der Waals surface area contributed by atoms with Crippen LogP contribution in [-0.4, -0.2) is 46.4 Å². The molecule has 1 saturated heterocycles. The van der Waals surface area contributed by atoms with Crippen molar-refractivity contribution in [2.24, 2.45) is 17.8 Å². The Morgan fingerprint density at radius 3 is 2.27 bits per heavy atom. The van der Waals surface area contributed by atoms with Crippen LogP contribution in [0.5, 0.6) is 0 Å². The monoisotopic (exact) mass is 706 g/mol. The first-order chi connectivity index (χ1) is 24.9. The third-order valence-corrected chi connectivity index (χ3v) is 11.6. The van der Waals surface area contributed by atoms with E-state index in [9.17, 15) is 14.4 Å². The Morgan fingerprint density at radius 2 is 1.58 bits per heavy atom. The largest absolute Gasteiger partial charge is 0.468 e. The molecule has 3 aromatic rings. The van der Waals surface area contributed by atoms with Crippen LogP contribution in [0.2, 0.25) is 0 Å². The molecular formula is C43H54N4O5. The van der Waals surface area contributed by atoms with Gasteiger partial charge in [0.1, 0.15) is 12.5 Å². The van der Waals surface area contributed by atoms with Crippen LogP contribution in [0.3, 0.4) is 0 Å². The van der Waals surface area contributed by atoms with Crippen molar-refractivity contribution < 1.29 is 23.9 Å². The summed E-state index contributed by atoms with van der Waals surface area (Å²) in [5.41, 5.74) is 13.1. The molecule has 3 aromatic heterocycles. The molecule has 4 N–H and O–H groups in total. The molecule has 1 fully saturated rings. The van der Waals surface area contributed by atoms with Crippen LogP contribution in [0.4, 0.5) is 0 Å². The Balaban J connectivity index is 1.53. The second-order valence-electron chi connectivity index (χ2n) is 14.7. The van der Waals surface area contributed by atoms with Crippen LogP contribution >= 0.6 is 0 Å². The number of allylic oxidation sites excluding steroid dienone is 3. The molecule has 0 spiro atoms. The van der Waals surface area contributed by atoms with Crippen molar-refractivity contribution >= 4 is 41.5 Å². The van der Waals surface area contributed by atoms with Crippen molar-refractivity contribution in [1.29, 1.82) is 0 Å². The van der Waals surface area contributed by atoms with E-state index in [-0.39, 0.29) is 36.6 Å². The maximum absolute atomic E-state index is 14.3. The number of nitrogens with one attached hydrogen (secondary N) is 4. The average Bonchev–Trinajstić information content (AvgIpc) is 3.86. The number of rotatable bonds is 11. The highest BCUT2D eigenvalue weighted by molar-refractivity contribution is 6.24. The summed E-state index contributed by atoms with van der Waals surface area (Å²) < 4.78 is 10.9. The molecule has 8 bridgehead atoms. The van der Waals surface area contributed by atoms with Crippen molar-refractivity contribution in [3.05, 3.63) is 89.9 Å². The Labute approximate surface area is 306 Å². The molecular weight excluding hydrogens is 652 g/mol. The number of ketones is 1. The van der Waals surface area contributed by atoms with Gasteiger partial charge in [0.25, 0.3) is 0 Å². The number of hydrogen-bond acceptors (Lipinski definition) is 6. The predicted octanol–water partition coefficient (Wildman–Crippen LogP) is 6.75. The smallest absolute Gasteiger partial charge is 0.321 e. The molecule has 5 heterocycles. The fourth-order valence-corrected chi connectivity index (χ4v) is 8.41. The van der Waals surface area contributed by atoms with Gasteiger partial charge in [0.15, 0.2) is 5.78 Å². The van der Waals surface area contributed by atoms with Crippen LogP contribution in [-0.2, 0) is 31.9 Å². The summed E-state index contributed by atoms with van der Waals surface area (Å²) >= 11 is 0. The zero-order valence-corrected chi connectivity index (χ0v) is 32.2. The Hall–Kier alpha value is -4.79. The Bertz CT molecular complexity index is 2150. The highest BCUT2D eigenvalue weighted by Crippen LogP contribution is 2.48. The van der Waals surface area contributed by atoms with E-state index in [1.807, 2.05) is 13.0 Å². The number of Topliss-reactive ketones (excluding diaryl/α,β-unsaturated/α-hetero) is 1. The molecule has 9 heteroatoms. The first-order valence-corrected chi connectivity index (χ1v) is 18.9. The molecule has 6 rings (SSSR count). The van der Waals surface area contributed by atoms with Crippen LogP contribution in [0, 0.1) is 38.5 Å². The molecule has 52 heavy (non-hydrogen) atoms. The molecule has 0 saturated carbocycles. The van der Waals surface area contributed by atoms with E-state index in [0.717, 1.165) is 76.8 Å². The van der Waals surface area contributed by atoms with E-state index in [0.29, 0.717) is 23.3 Å². The van der Waals surface area contributed by atoms with Crippen molar-refractivity contribution in [2.75, 3.05) is 13.7 Å². The third kappa shape index (κ3) is 6.54. The number of fused-ring (bicyclic) bond motifs is 7. The molecule has 3 aliphatic rings. The average molecular weight is 707 g/mol. The van der Waals surface area contributed by atoms with Gasteiger partial charge in [0.05, 0.1) is 12.8 Å². The quantitative estimate of drug-likeness (QED) is 0.0993. The van der Waals surface area contributed by atoms with E-state index in [2.05, 4.69) is 87.0 Å². The lowest BCUT2D eigenvalue weighted by Crippen LogP contribution is -2.25. The SMILES string of the molecule is CCCC/C(C)=C\COC(=O)CC[C@@H]1/C2=C3/c4[nH]c(c(C)c4C(=O)[C@@H]3C(=O)OC)/C=c3\[nH]/c(c(C)c3CC)=C\c3[nH]c(c(C)c3CC)/C=C(\N2)[C@H]1C. The number of unbranched alkanes of at least 4 members (excludes halogenated alkanes) is 1. The minimum atomic E-state index is -1.12. The maximum atomic E-state index is 14.3. The second-order valence-corrected chi connectivity index (χ2v) is 14.7. The second kappa shape index (κ2) is 15.1. The van der Waals surface area contributed by atoms with Gasteiger partial charge < -0.3 is 29.7 Å². The first-order valence-electron chi connectivity index (χ1n) is 18.9. The van der Waals surface area contributed by atoms with E-state index < -0.39 is 11.9 Å². The summed E-state index contributed by atoms with van der Waals surface area (Å²) in [6.45, 7) is 17.2. The van der Waals surface area contributed by atoms with Crippen LogP contribution in [0.1, 0.15) is 128 Å². The lowest BCUT2D eigenvalue weighted by atomic mass is 9.85. The van der Waals surface area contributed by atoms with Gasteiger partial charge in [-0.25, -0.2) is 0 Å². The zero-order chi connectivity index (χ0) is 37.4. The van der Waals surface area contributed by atoms with Crippen molar-refractivity contribution in [1.82, 2.24) is 20.3 Å². The molecule has 0 radical (unpaired) electrons. The number of hydrogen-bond donors (Lipinski definition) is 4. The Morgan fingerprint density at radius 1 is 0.865 bits per heavy atom. The number of aromatic nitrogens is 3. The summed E-state index contributed by atoms with van der Waals surface area (Å²) in [6.07, 6.45) is 14.0. The van der Waals surface area contributed by atoms with Gasteiger partial charge in [0, 0.05) is 68.6 Å². The standard InChI is InChI=1S/C43H54N4O5/c1-10-13-14-22(4)17-18-52-36(48)16-15-29-25(7)32-19-30-23(5)27(11-2)34(44-30)20-31-24(6)28(12-3)35(45-31)21-33-26(8)37-41(47-33)38(40(29)46-32)39(42(37)49)43(50)51-9/h17,19-21,25,29,39,44-47H,10-16,18H2,1-9H3/b22-17-,31-20-,32-19-,35-21-,40-38-/t25-,29-,39+/m0/s1. The van der Waals surface area contributed by atoms with E-state index in [1.54, 1.807) is 0 Å². The third-order valence-electron chi connectivity index (χ3n) is 11.6. The molecule has 2 aliphatic heterocycles. The van der Waals surface area contributed by atoms with Gasteiger partial charge in [-0.1, -0.05) is 39.7 Å². The number of ether oxygens (including phenoxy) is 2. The molecule has 0 unspecified atom stereocenters. The summed E-state index contributed by atoms with van der Waals surface area (Å²) in [7, 11) is 1.32. The molecule has 3 atom stereocenters. The molecule has 9 nitrogen and oxygen atoms in total. The lowest BCUT2D eigenvalue weighted by molar-refractivity contribution is -0.143. The minimum Gasteiger partial charge on any atom is -0.468 e. The van der Waals surface area contributed by atoms with Crippen molar-refractivity contribution in [3.63, 3.8) is 0 Å². The topological polar surface area (TPSA) is 129 Å². The Kier molecular flexibility index (Phi) is 10.7. The number of methoxy groups -OCH3 is 1. The number of carbonyl (C=O) groups is 3. The number of H-pyrrole nitrogens is 3. The van der Waals surface area contributed by atoms with Gasteiger partial charge in [0.2, 0.25) is 0 Å². The van der Waals surface area contributed by atoms with Crippen molar-refractivity contribution in [2.45, 2.75) is 100 Å². The lowest BCUT2D eigenvalue weighted by Gasteiger charge is -2.19. The predicted molar refractivity (Wildman–Crippen MR) is 206 cm³/mol. The van der Waals surface area contributed by atoms with Crippen LogP contribution < -0.4 is 16.0 Å².